The lowest BCUT2D eigenvalue weighted by Crippen LogP contribution is -2.39. The molecule has 0 unspecified atom stereocenters. The first-order chi connectivity index (χ1) is 10.1. The Balaban J connectivity index is 1.81. The Morgan fingerprint density at radius 2 is 1.86 bits per heavy atom. The second kappa shape index (κ2) is 7.25. The molecule has 1 fully saturated rings. The molecule has 1 saturated carbocycles. The Labute approximate surface area is 126 Å². The molecule has 1 aliphatic carbocycles. The van der Waals surface area contributed by atoms with E-state index in [1.54, 1.807) is 7.11 Å². The summed E-state index contributed by atoms with van der Waals surface area (Å²) in [6.07, 6.45) is 4.08. The van der Waals surface area contributed by atoms with Gasteiger partial charge in [-0.15, -0.1) is 0 Å². The number of aryl methyl sites for hydroxylation is 1. The molecule has 21 heavy (non-hydrogen) atoms. The molecule has 2 rings (SSSR count). The maximum Gasteiger partial charge on any atom is 0.222 e. The van der Waals surface area contributed by atoms with Crippen LogP contribution in [0.15, 0.2) is 24.3 Å². The fraction of sp³-hybridized carbons (Fsp3) is 0.529. The van der Waals surface area contributed by atoms with Crippen molar-refractivity contribution in [2.45, 2.75) is 44.6 Å². The highest BCUT2D eigenvalue weighted by atomic mass is 16.5. The van der Waals surface area contributed by atoms with Crippen LogP contribution in [-0.4, -0.2) is 36.8 Å². The van der Waals surface area contributed by atoms with Crippen molar-refractivity contribution < 1.29 is 14.3 Å². The monoisotopic (exact) mass is 289 g/mol. The highest BCUT2D eigenvalue weighted by Gasteiger charge is 2.24. The molecule has 114 valence electrons. The maximum atomic E-state index is 12.2. The van der Waals surface area contributed by atoms with Gasteiger partial charge in [0.25, 0.3) is 0 Å². The Morgan fingerprint density at radius 1 is 1.24 bits per heavy atom. The quantitative estimate of drug-likeness (QED) is 0.837. The van der Waals surface area contributed by atoms with Gasteiger partial charge in [-0.2, -0.15) is 0 Å². The van der Waals surface area contributed by atoms with Crippen LogP contribution in [0.3, 0.4) is 0 Å². The van der Waals surface area contributed by atoms with Gasteiger partial charge in [0.1, 0.15) is 11.5 Å². The van der Waals surface area contributed by atoms with E-state index < -0.39 is 0 Å². The van der Waals surface area contributed by atoms with Crippen molar-refractivity contribution in [3.63, 3.8) is 0 Å². The summed E-state index contributed by atoms with van der Waals surface area (Å²) in [5.41, 5.74) is 1.14. The van der Waals surface area contributed by atoms with E-state index in [4.69, 9.17) is 4.74 Å². The van der Waals surface area contributed by atoms with Crippen LogP contribution in [0.4, 0.5) is 0 Å². The summed E-state index contributed by atoms with van der Waals surface area (Å²) in [4.78, 5) is 25.3. The highest BCUT2D eigenvalue weighted by Crippen LogP contribution is 2.20. The largest absolute Gasteiger partial charge is 0.497 e. The summed E-state index contributed by atoms with van der Waals surface area (Å²) in [6, 6.07) is 8.04. The lowest BCUT2D eigenvalue weighted by Gasteiger charge is -2.30. The Hall–Kier alpha value is -1.84. The van der Waals surface area contributed by atoms with Crippen LogP contribution >= 0.6 is 0 Å². The van der Waals surface area contributed by atoms with E-state index in [9.17, 15) is 9.59 Å². The smallest absolute Gasteiger partial charge is 0.222 e. The number of nitrogens with zero attached hydrogens (tertiary/aromatic N) is 1. The topological polar surface area (TPSA) is 46.6 Å². The number of hydrogen-bond acceptors (Lipinski definition) is 3. The van der Waals surface area contributed by atoms with Crippen molar-refractivity contribution in [1.82, 2.24) is 4.90 Å². The molecule has 0 saturated heterocycles. The number of Topliss-reactive ketones (excluding diaryl/α,β-unsaturated/α-hetero) is 1. The summed E-state index contributed by atoms with van der Waals surface area (Å²) >= 11 is 0. The third kappa shape index (κ3) is 4.31. The lowest BCUT2D eigenvalue weighted by atomic mass is 9.93. The van der Waals surface area contributed by atoms with E-state index in [-0.39, 0.29) is 11.9 Å². The van der Waals surface area contributed by atoms with Gasteiger partial charge in [0.05, 0.1) is 7.11 Å². The highest BCUT2D eigenvalue weighted by molar-refractivity contribution is 5.80. The number of benzene rings is 1. The molecule has 0 radical (unpaired) electrons. The maximum absolute atomic E-state index is 12.2. The van der Waals surface area contributed by atoms with Crippen LogP contribution in [0.25, 0.3) is 0 Å². The van der Waals surface area contributed by atoms with Crippen molar-refractivity contribution in [2.75, 3.05) is 14.2 Å². The van der Waals surface area contributed by atoms with E-state index in [0.717, 1.165) is 30.6 Å². The number of ketones is 1. The first kappa shape index (κ1) is 15.5. The van der Waals surface area contributed by atoms with Gasteiger partial charge in [0.2, 0.25) is 5.91 Å². The molecule has 4 heteroatoms. The Kier molecular flexibility index (Phi) is 5.37. The molecule has 0 aliphatic heterocycles. The molecule has 0 atom stereocenters. The summed E-state index contributed by atoms with van der Waals surface area (Å²) in [5, 5.41) is 0. The predicted molar refractivity (Wildman–Crippen MR) is 81.3 cm³/mol. The number of hydrogen-bond donors (Lipinski definition) is 0. The number of rotatable bonds is 5. The van der Waals surface area contributed by atoms with Gasteiger partial charge in [0.15, 0.2) is 0 Å². The van der Waals surface area contributed by atoms with Crippen LogP contribution in [0.2, 0.25) is 0 Å². The minimum atomic E-state index is 0.158. The average molecular weight is 289 g/mol. The van der Waals surface area contributed by atoms with Gasteiger partial charge in [0, 0.05) is 32.4 Å². The summed E-state index contributed by atoms with van der Waals surface area (Å²) < 4.78 is 5.12. The fourth-order valence-corrected chi connectivity index (χ4v) is 2.74. The number of methoxy groups -OCH3 is 1. The molecule has 0 aromatic heterocycles. The van der Waals surface area contributed by atoms with E-state index >= 15 is 0 Å². The van der Waals surface area contributed by atoms with Gasteiger partial charge in [-0.3, -0.25) is 9.59 Å². The zero-order valence-corrected chi connectivity index (χ0v) is 12.8. The molecule has 0 spiro atoms. The van der Waals surface area contributed by atoms with Crippen LogP contribution in [0.1, 0.15) is 37.7 Å². The molecule has 0 N–H and O–H groups in total. The molecule has 1 aliphatic rings. The molecule has 1 amide bonds. The van der Waals surface area contributed by atoms with Crippen LogP contribution in [-0.2, 0) is 16.0 Å². The molecule has 4 nitrogen and oxygen atoms in total. The van der Waals surface area contributed by atoms with Gasteiger partial charge in [-0.1, -0.05) is 12.1 Å². The zero-order valence-electron chi connectivity index (χ0n) is 12.8. The van der Waals surface area contributed by atoms with Gasteiger partial charge in [-0.05, 0) is 37.0 Å². The zero-order chi connectivity index (χ0) is 15.2. The van der Waals surface area contributed by atoms with Crippen molar-refractivity contribution in [3.8, 4) is 5.75 Å². The van der Waals surface area contributed by atoms with Crippen LogP contribution < -0.4 is 4.74 Å². The number of amides is 1. The molecule has 0 heterocycles. The molecule has 1 aromatic carbocycles. The molecular weight excluding hydrogens is 266 g/mol. The van der Waals surface area contributed by atoms with Crippen molar-refractivity contribution in [1.29, 1.82) is 0 Å². The van der Waals surface area contributed by atoms with Crippen molar-refractivity contribution in [2.24, 2.45) is 0 Å². The van der Waals surface area contributed by atoms with Crippen molar-refractivity contribution >= 4 is 11.7 Å². The van der Waals surface area contributed by atoms with Crippen molar-refractivity contribution in [3.05, 3.63) is 29.8 Å². The Bertz CT molecular complexity index is 485. The first-order valence-corrected chi connectivity index (χ1v) is 7.50. The fourth-order valence-electron chi connectivity index (χ4n) is 2.74. The minimum Gasteiger partial charge on any atom is -0.497 e. The van der Waals surface area contributed by atoms with E-state index in [1.165, 1.54) is 0 Å². The first-order valence-electron chi connectivity index (χ1n) is 7.50. The third-order valence-electron chi connectivity index (χ3n) is 4.24. The van der Waals surface area contributed by atoms with E-state index in [2.05, 4.69) is 0 Å². The molecular formula is C17H23NO3. The van der Waals surface area contributed by atoms with E-state index in [1.807, 2.05) is 36.2 Å². The number of carbonyl (C=O) groups is 2. The minimum absolute atomic E-state index is 0.158. The van der Waals surface area contributed by atoms with E-state index in [0.29, 0.717) is 25.0 Å². The average Bonchev–Trinajstić information content (AvgIpc) is 2.53. The predicted octanol–water partition coefficient (Wildman–Crippen LogP) is 2.60. The standard InChI is InChI=1S/C17H23NO3/c1-18(14-6-8-15(19)9-7-14)17(20)12-5-13-3-10-16(21-2)11-4-13/h3-4,10-11,14H,5-9,12H2,1-2H3. The van der Waals surface area contributed by atoms with Crippen LogP contribution in [0.5, 0.6) is 5.75 Å². The number of ether oxygens (including phenoxy) is 1. The summed E-state index contributed by atoms with van der Waals surface area (Å²) in [6.45, 7) is 0. The van der Waals surface area contributed by atoms with Gasteiger partial charge in [-0.25, -0.2) is 0 Å². The van der Waals surface area contributed by atoms with Gasteiger partial charge >= 0.3 is 0 Å². The normalized spacial score (nSPS) is 15.8. The third-order valence-corrected chi connectivity index (χ3v) is 4.24. The van der Waals surface area contributed by atoms with Crippen LogP contribution in [0, 0.1) is 0 Å². The lowest BCUT2D eigenvalue weighted by molar-refractivity contribution is -0.134. The molecule has 1 aromatic rings. The SMILES string of the molecule is COc1ccc(CCC(=O)N(C)C2CCC(=O)CC2)cc1. The summed E-state index contributed by atoms with van der Waals surface area (Å²) in [5.74, 6) is 1.31. The second-order valence-corrected chi connectivity index (χ2v) is 5.62. The number of carbonyl (C=O) groups excluding carboxylic acids is 2. The molecule has 0 bridgehead atoms. The second-order valence-electron chi connectivity index (χ2n) is 5.62. The van der Waals surface area contributed by atoms with Gasteiger partial charge < -0.3 is 9.64 Å². The summed E-state index contributed by atoms with van der Waals surface area (Å²) in [7, 11) is 3.50. The Morgan fingerprint density at radius 3 is 2.43 bits per heavy atom.